The zero-order valence-electron chi connectivity index (χ0n) is 15.3. The number of amides is 2. The molecule has 0 bridgehead atoms. The minimum atomic E-state index is -0.504. The van der Waals surface area contributed by atoms with Gasteiger partial charge in [-0.15, -0.1) is 0 Å². The Morgan fingerprint density at radius 1 is 1.38 bits per heavy atom. The molecule has 140 valence electrons. The number of halogens is 1. The number of methoxy groups -OCH3 is 1. The Balaban J connectivity index is 1.92. The second-order valence-corrected chi connectivity index (χ2v) is 6.04. The third-order valence-corrected chi connectivity index (χ3v) is 4.09. The number of nitrogens with zero attached hydrogens (tertiary/aromatic N) is 3. The second-order valence-electron chi connectivity index (χ2n) is 6.04. The number of rotatable bonds is 7. The summed E-state index contributed by atoms with van der Waals surface area (Å²) in [6.07, 6.45) is 3.28. The highest BCUT2D eigenvalue weighted by atomic mass is 19.1. The summed E-state index contributed by atoms with van der Waals surface area (Å²) in [6.45, 7) is 3.35. The van der Waals surface area contributed by atoms with E-state index in [4.69, 9.17) is 4.74 Å². The first-order valence-electron chi connectivity index (χ1n) is 8.20. The lowest BCUT2D eigenvalue weighted by Gasteiger charge is -2.22. The Morgan fingerprint density at radius 2 is 2.12 bits per heavy atom. The lowest BCUT2D eigenvalue weighted by Crippen LogP contribution is -2.41. The largest absolute Gasteiger partial charge is 0.494 e. The van der Waals surface area contributed by atoms with E-state index in [2.05, 4.69) is 10.4 Å². The average molecular weight is 362 g/mol. The van der Waals surface area contributed by atoms with Crippen LogP contribution in [0.5, 0.6) is 5.75 Å². The molecule has 26 heavy (non-hydrogen) atoms. The standard InChI is InChI=1S/C18H23FN4O3/c1-12(14-6-7-16(26-4)15(19)10-14)21-17(24)11-22(3)18(25)13(2)23-9-5-8-20-23/h5-10,12-13H,11H2,1-4H3,(H,21,24). The number of carbonyl (C=O) groups is 2. The van der Waals surface area contributed by atoms with E-state index < -0.39 is 17.9 Å². The molecule has 8 heteroatoms. The lowest BCUT2D eigenvalue weighted by atomic mass is 10.1. The summed E-state index contributed by atoms with van der Waals surface area (Å²) >= 11 is 0. The molecule has 1 N–H and O–H groups in total. The predicted molar refractivity (Wildman–Crippen MR) is 94.1 cm³/mol. The van der Waals surface area contributed by atoms with Gasteiger partial charge in [-0.05, 0) is 37.6 Å². The van der Waals surface area contributed by atoms with Gasteiger partial charge in [0.25, 0.3) is 0 Å². The molecular weight excluding hydrogens is 339 g/mol. The first-order valence-corrected chi connectivity index (χ1v) is 8.20. The molecule has 0 saturated carbocycles. The topological polar surface area (TPSA) is 76.5 Å². The molecular formula is C18H23FN4O3. The summed E-state index contributed by atoms with van der Waals surface area (Å²) in [5, 5.41) is 6.79. The number of hydrogen-bond donors (Lipinski definition) is 1. The first-order chi connectivity index (χ1) is 12.3. The molecule has 0 fully saturated rings. The van der Waals surface area contributed by atoms with Crippen molar-refractivity contribution in [2.24, 2.45) is 0 Å². The van der Waals surface area contributed by atoms with Crippen molar-refractivity contribution in [3.8, 4) is 5.75 Å². The molecule has 1 aromatic carbocycles. The molecule has 0 spiro atoms. The summed E-state index contributed by atoms with van der Waals surface area (Å²) in [6, 6.07) is 5.33. The highest BCUT2D eigenvalue weighted by molar-refractivity contribution is 5.86. The molecule has 2 amide bonds. The van der Waals surface area contributed by atoms with Crippen LogP contribution >= 0.6 is 0 Å². The van der Waals surface area contributed by atoms with Gasteiger partial charge in [0.05, 0.1) is 19.7 Å². The van der Waals surface area contributed by atoms with E-state index in [1.165, 1.54) is 28.8 Å². The van der Waals surface area contributed by atoms with Crippen LogP contribution in [0.1, 0.15) is 31.5 Å². The van der Waals surface area contributed by atoms with Crippen LogP contribution in [0.3, 0.4) is 0 Å². The number of nitrogens with one attached hydrogen (secondary N) is 1. The van der Waals surface area contributed by atoms with Crippen LogP contribution in [0.4, 0.5) is 4.39 Å². The van der Waals surface area contributed by atoms with E-state index in [1.807, 2.05) is 0 Å². The van der Waals surface area contributed by atoms with Crippen LogP contribution in [-0.4, -0.2) is 47.2 Å². The van der Waals surface area contributed by atoms with Crippen LogP contribution in [0.15, 0.2) is 36.7 Å². The second kappa shape index (κ2) is 8.46. The van der Waals surface area contributed by atoms with Crippen LogP contribution in [0, 0.1) is 5.82 Å². The minimum Gasteiger partial charge on any atom is -0.494 e. The summed E-state index contributed by atoms with van der Waals surface area (Å²) < 4.78 is 20.2. The Morgan fingerprint density at radius 3 is 2.69 bits per heavy atom. The lowest BCUT2D eigenvalue weighted by molar-refractivity contribution is -0.137. The van der Waals surface area contributed by atoms with Crippen molar-refractivity contribution in [3.63, 3.8) is 0 Å². The number of likely N-dealkylation sites (N-methyl/N-ethyl adjacent to an activating group) is 1. The van der Waals surface area contributed by atoms with Crippen molar-refractivity contribution < 1.29 is 18.7 Å². The maximum absolute atomic E-state index is 13.8. The maximum Gasteiger partial charge on any atom is 0.247 e. The fourth-order valence-electron chi connectivity index (χ4n) is 2.56. The van der Waals surface area contributed by atoms with Crippen molar-refractivity contribution in [1.82, 2.24) is 20.0 Å². The van der Waals surface area contributed by atoms with Gasteiger partial charge in [0.15, 0.2) is 11.6 Å². The molecule has 2 atom stereocenters. The molecule has 0 saturated heterocycles. The molecule has 0 radical (unpaired) electrons. The van der Waals surface area contributed by atoms with Crippen molar-refractivity contribution in [3.05, 3.63) is 48.0 Å². The quantitative estimate of drug-likeness (QED) is 0.817. The van der Waals surface area contributed by atoms with E-state index in [-0.39, 0.29) is 24.1 Å². The zero-order chi connectivity index (χ0) is 19.3. The third-order valence-electron chi connectivity index (χ3n) is 4.09. The average Bonchev–Trinajstić information content (AvgIpc) is 3.14. The Labute approximate surface area is 151 Å². The van der Waals surface area contributed by atoms with Crippen molar-refractivity contribution in [2.45, 2.75) is 25.9 Å². The van der Waals surface area contributed by atoms with Gasteiger partial charge in [-0.3, -0.25) is 14.3 Å². The van der Waals surface area contributed by atoms with Crippen molar-refractivity contribution >= 4 is 11.8 Å². The summed E-state index contributed by atoms with van der Waals surface area (Å²) in [4.78, 5) is 25.9. The van der Waals surface area contributed by atoms with E-state index in [1.54, 1.807) is 45.4 Å². The summed E-state index contributed by atoms with van der Waals surface area (Å²) in [7, 11) is 2.94. The van der Waals surface area contributed by atoms with Crippen molar-refractivity contribution in [1.29, 1.82) is 0 Å². The van der Waals surface area contributed by atoms with E-state index >= 15 is 0 Å². The molecule has 2 unspecified atom stereocenters. The number of benzene rings is 1. The Hall–Kier alpha value is -2.90. The van der Waals surface area contributed by atoms with Gasteiger partial charge >= 0.3 is 0 Å². The minimum absolute atomic E-state index is 0.104. The number of aromatic nitrogens is 2. The molecule has 0 aliphatic rings. The van der Waals surface area contributed by atoms with Gasteiger partial charge in [-0.1, -0.05) is 6.07 Å². The van der Waals surface area contributed by atoms with Gasteiger partial charge in [-0.2, -0.15) is 5.10 Å². The summed E-state index contributed by atoms with van der Waals surface area (Å²) in [5.74, 6) is -0.916. The predicted octanol–water partition coefficient (Wildman–Crippen LogP) is 1.93. The normalized spacial score (nSPS) is 13.0. The van der Waals surface area contributed by atoms with E-state index in [9.17, 15) is 14.0 Å². The fraction of sp³-hybridized carbons (Fsp3) is 0.389. The SMILES string of the molecule is COc1ccc(C(C)NC(=O)CN(C)C(=O)C(C)n2cccn2)cc1F. The Bertz CT molecular complexity index is 764. The number of ether oxygens (including phenoxy) is 1. The zero-order valence-corrected chi connectivity index (χ0v) is 15.3. The number of carbonyl (C=O) groups excluding carboxylic acids is 2. The molecule has 2 aromatic rings. The van der Waals surface area contributed by atoms with Crippen LogP contribution in [0.2, 0.25) is 0 Å². The molecule has 1 heterocycles. The van der Waals surface area contributed by atoms with Gasteiger partial charge < -0.3 is 15.0 Å². The Kier molecular flexibility index (Phi) is 6.32. The molecule has 7 nitrogen and oxygen atoms in total. The molecule has 1 aromatic heterocycles. The maximum atomic E-state index is 13.8. The van der Waals surface area contributed by atoms with Crippen molar-refractivity contribution in [2.75, 3.05) is 20.7 Å². The van der Waals surface area contributed by atoms with Crippen LogP contribution in [0.25, 0.3) is 0 Å². The van der Waals surface area contributed by atoms with E-state index in [0.717, 1.165) is 0 Å². The highest BCUT2D eigenvalue weighted by Crippen LogP contribution is 2.21. The van der Waals surface area contributed by atoms with Gasteiger partial charge in [-0.25, -0.2) is 4.39 Å². The third kappa shape index (κ3) is 4.59. The monoisotopic (exact) mass is 362 g/mol. The fourth-order valence-corrected chi connectivity index (χ4v) is 2.56. The van der Waals surface area contributed by atoms with Gasteiger partial charge in [0.2, 0.25) is 11.8 Å². The van der Waals surface area contributed by atoms with Gasteiger partial charge in [0, 0.05) is 19.4 Å². The van der Waals surface area contributed by atoms with Gasteiger partial charge in [0.1, 0.15) is 6.04 Å². The highest BCUT2D eigenvalue weighted by Gasteiger charge is 2.22. The summed E-state index contributed by atoms with van der Waals surface area (Å²) in [5.41, 5.74) is 0.607. The smallest absolute Gasteiger partial charge is 0.247 e. The van der Waals surface area contributed by atoms with Crippen LogP contribution < -0.4 is 10.1 Å². The number of hydrogen-bond acceptors (Lipinski definition) is 4. The van der Waals surface area contributed by atoms with Crippen LogP contribution in [-0.2, 0) is 9.59 Å². The molecule has 2 rings (SSSR count). The molecule has 0 aliphatic carbocycles. The molecule has 0 aliphatic heterocycles. The van der Waals surface area contributed by atoms with E-state index in [0.29, 0.717) is 5.56 Å². The first kappa shape index (κ1) is 19.4.